The molecule has 0 saturated heterocycles. The van der Waals surface area contributed by atoms with Crippen molar-refractivity contribution in [3.63, 3.8) is 0 Å². The van der Waals surface area contributed by atoms with Crippen LogP contribution in [0.5, 0.6) is 0 Å². The lowest BCUT2D eigenvalue weighted by molar-refractivity contribution is 0.224. The molecular weight excluding hydrogens is 239 g/mol. The maximum absolute atomic E-state index is 13.1. The van der Waals surface area contributed by atoms with Crippen molar-refractivity contribution in [1.82, 2.24) is 4.90 Å². The number of benzene rings is 1. The van der Waals surface area contributed by atoms with Gasteiger partial charge in [0.05, 0.1) is 5.54 Å². The molecule has 0 aliphatic carbocycles. The van der Waals surface area contributed by atoms with Crippen LogP contribution < -0.4 is 5.73 Å². The summed E-state index contributed by atoms with van der Waals surface area (Å²) in [6.45, 7) is 12.8. The monoisotopic (exact) mass is 264 g/mol. The van der Waals surface area contributed by atoms with Crippen LogP contribution in [-0.4, -0.2) is 24.5 Å². The Labute approximate surface area is 116 Å². The minimum absolute atomic E-state index is 0.232. The molecule has 1 rings (SSSR count). The van der Waals surface area contributed by atoms with E-state index in [9.17, 15) is 4.39 Å². The van der Waals surface area contributed by atoms with Gasteiger partial charge >= 0.3 is 0 Å². The molecule has 3 heteroatoms. The maximum Gasteiger partial charge on any atom is 0.123 e. The van der Waals surface area contributed by atoms with Crippen molar-refractivity contribution in [1.29, 1.82) is 0 Å². The van der Waals surface area contributed by atoms with E-state index >= 15 is 0 Å². The lowest BCUT2D eigenvalue weighted by Crippen LogP contribution is -2.47. The van der Waals surface area contributed by atoms with Crippen molar-refractivity contribution in [3.8, 4) is 0 Å². The molecule has 0 aliphatic rings. The van der Waals surface area contributed by atoms with Gasteiger partial charge in [0.1, 0.15) is 5.82 Å². The van der Waals surface area contributed by atoms with Crippen LogP contribution in [0.4, 0.5) is 4.39 Å². The van der Waals surface area contributed by atoms with Crippen molar-refractivity contribution < 1.29 is 4.39 Å². The summed E-state index contributed by atoms with van der Waals surface area (Å²) >= 11 is 0. The first kappa shape index (κ1) is 15.9. The van der Waals surface area contributed by atoms with E-state index in [1.165, 1.54) is 12.1 Å². The number of rotatable bonds is 7. The molecule has 0 heterocycles. The Hall–Kier alpha value is -1.19. The predicted octanol–water partition coefficient (Wildman–Crippen LogP) is 3.29. The third-order valence-corrected chi connectivity index (χ3v) is 3.44. The van der Waals surface area contributed by atoms with Crippen molar-refractivity contribution in [2.45, 2.75) is 32.7 Å². The van der Waals surface area contributed by atoms with E-state index in [1.54, 1.807) is 12.1 Å². The maximum atomic E-state index is 13.1. The van der Waals surface area contributed by atoms with E-state index in [0.29, 0.717) is 6.42 Å². The van der Waals surface area contributed by atoms with Crippen LogP contribution >= 0.6 is 0 Å². The van der Waals surface area contributed by atoms with Gasteiger partial charge in [0, 0.05) is 6.54 Å². The van der Waals surface area contributed by atoms with Gasteiger partial charge in [0.15, 0.2) is 0 Å². The summed E-state index contributed by atoms with van der Waals surface area (Å²) in [5, 5.41) is 0. The van der Waals surface area contributed by atoms with Crippen LogP contribution in [0.15, 0.2) is 36.4 Å². The topological polar surface area (TPSA) is 29.3 Å². The normalized spacial score (nSPS) is 14.4. The molecule has 0 amide bonds. The first-order valence-electron chi connectivity index (χ1n) is 6.83. The predicted molar refractivity (Wildman–Crippen MR) is 79.5 cm³/mol. The average molecular weight is 264 g/mol. The van der Waals surface area contributed by atoms with E-state index in [-0.39, 0.29) is 5.82 Å². The fourth-order valence-corrected chi connectivity index (χ4v) is 2.42. The summed E-state index contributed by atoms with van der Waals surface area (Å²) in [6, 6.07) is 6.50. The number of likely N-dealkylation sites (N-methyl/N-ethyl adjacent to an activating group) is 1. The molecular formula is C16H25FN2. The van der Waals surface area contributed by atoms with Crippen molar-refractivity contribution >= 4 is 0 Å². The van der Waals surface area contributed by atoms with Gasteiger partial charge in [0.25, 0.3) is 0 Å². The van der Waals surface area contributed by atoms with Gasteiger partial charge in [-0.05, 0) is 44.1 Å². The Bertz CT molecular complexity index is 409. The largest absolute Gasteiger partial charge is 0.320 e. The van der Waals surface area contributed by atoms with E-state index in [4.69, 9.17) is 5.73 Å². The number of nitrogens with zero attached hydrogens (tertiary/aromatic N) is 1. The van der Waals surface area contributed by atoms with Gasteiger partial charge < -0.3 is 10.6 Å². The summed E-state index contributed by atoms with van der Waals surface area (Å²) < 4.78 is 13.1. The number of hydrogen-bond acceptors (Lipinski definition) is 2. The van der Waals surface area contributed by atoms with Gasteiger partial charge in [-0.3, -0.25) is 0 Å². The SMILES string of the molecule is C=C(C)CC(N)(CN(CC)CC)c1ccc(F)cc1. The van der Waals surface area contributed by atoms with Crippen LogP contribution in [0.1, 0.15) is 32.8 Å². The molecule has 106 valence electrons. The molecule has 1 unspecified atom stereocenters. The fraction of sp³-hybridized carbons (Fsp3) is 0.500. The first-order chi connectivity index (χ1) is 8.91. The first-order valence-corrected chi connectivity index (χ1v) is 6.83. The van der Waals surface area contributed by atoms with Gasteiger partial charge in [-0.25, -0.2) is 4.39 Å². The highest BCUT2D eigenvalue weighted by Crippen LogP contribution is 2.27. The summed E-state index contributed by atoms with van der Waals surface area (Å²) in [6.07, 6.45) is 0.704. The third-order valence-electron chi connectivity index (χ3n) is 3.44. The number of halogens is 1. The highest BCUT2D eigenvalue weighted by molar-refractivity contribution is 5.27. The number of nitrogens with two attached hydrogens (primary N) is 1. The summed E-state index contributed by atoms with van der Waals surface area (Å²) in [4.78, 5) is 2.28. The lowest BCUT2D eigenvalue weighted by Gasteiger charge is -2.35. The fourth-order valence-electron chi connectivity index (χ4n) is 2.42. The molecule has 1 aromatic rings. The van der Waals surface area contributed by atoms with Gasteiger partial charge in [-0.1, -0.05) is 31.6 Å². The smallest absolute Gasteiger partial charge is 0.123 e. The standard InChI is InChI=1S/C16H25FN2/c1-5-19(6-2)12-16(18,11-13(3)4)14-7-9-15(17)10-8-14/h7-10H,3,5-6,11-12,18H2,1-2,4H3. The second kappa shape index (κ2) is 6.83. The Kier molecular flexibility index (Phi) is 5.70. The van der Waals surface area contributed by atoms with Crippen LogP contribution in [0.3, 0.4) is 0 Å². The molecule has 0 saturated carbocycles. The zero-order valence-electron chi connectivity index (χ0n) is 12.2. The van der Waals surface area contributed by atoms with Crippen LogP contribution in [0.25, 0.3) is 0 Å². The molecule has 0 radical (unpaired) electrons. The van der Waals surface area contributed by atoms with Crippen LogP contribution in [0, 0.1) is 5.82 Å². The molecule has 0 bridgehead atoms. The van der Waals surface area contributed by atoms with Gasteiger partial charge in [-0.15, -0.1) is 6.58 Å². The average Bonchev–Trinajstić information content (AvgIpc) is 2.35. The molecule has 1 aromatic carbocycles. The Morgan fingerprint density at radius 2 is 1.79 bits per heavy atom. The summed E-state index contributed by atoms with van der Waals surface area (Å²) in [5.74, 6) is -0.232. The van der Waals surface area contributed by atoms with Crippen molar-refractivity contribution in [3.05, 3.63) is 47.8 Å². The second-order valence-corrected chi connectivity index (χ2v) is 5.26. The zero-order valence-corrected chi connectivity index (χ0v) is 12.2. The number of hydrogen-bond donors (Lipinski definition) is 1. The molecule has 2 N–H and O–H groups in total. The van der Waals surface area contributed by atoms with Crippen molar-refractivity contribution in [2.24, 2.45) is 5.73 Å². The minimum Gasteiger partial charge on any atom is -0.320 e. The van der Waals surface area contributed by atoms with Crippen molar-refractivity contribution in [2.75, 3.05) is 19.6 Å². The Morgan fingerprint density at radius 3 is 2.21 bits per heavy atom. The Balaban J connectivity index is 3.04. The lowest BCUT2D eigenvalue weighted by atomic mass is 9.84. The zero-order chi connectivity index (χ0) is 14.5. The summed E-state index contributed by atoms with van der Waals surface area (Å²) in [5.41, 5.74) is 8.09. The molecule has 19 heavy (non-hydrogen) atoms. The Morgan fingerprint density at radius 1 is 1.26 bits per heavy atom. The minimum atomic E-state index is -0.508. The molecule has 0 aliphatic heterocycles. The van der Waals surface area contributed by atoms with E-state index in [1.807, 2.05) is 6.92 Å². The highest BCUT2D eigenvalue weighted by atomic mass is 19.1. The molecule has 0 fully saturated rings. The highest BCUT2D eigenvalue weighted by Gasteiger charge is 2.29. The van der Waals surface area contributed by atoms with E-state index in [0.717, 1.165) is 30.8 Å². The molecule has 0 aromatic heterocycles. The van der Waals surface area contributed by atoms with Gasteiger partial charge in [0.2, 0.25) is 0 Å². The molecule has 0 spiro atoms. The van der Waals surface area contributed by atoms with Gasteiger partial charge in [-0.2, -0.15) is 0 Å². The molecule has 2 nitrogen and oxygen atoms in total. The summed E-state index contributed by atoms with van der Waals surface area (Å²) in [7, 11) is 0. The third kappa shape index (κ3) is 4.44. The van der Waals surface area contributed by atoms with Crippen LogP contribution in [0.2, 0.25) is 0 Å². The van der Waals surface area contributed by atoms with Crippen LogP contribution in [-0.2, 0) is 5.54 Å². The quantitative estimate of drug-likeness (QED) is 0.766. The molecule has 1 atom stereocenters. The second-order valence-electron chi connectivity index (χ2n) is 5.26. The van der Waals surface area contributed by atoms with E-state index < -0.39 is 5.54 Å². The van der Waals surface area contributed by atoms with E-state index in [2.05, 4.69) is 25.3 Å².